The van der Waals surface area contributed by atoms with Crippen LogP contribution in [0, 0.1) is 5.82 Å². The number of rotatable bonds is 5. The van der Waals surface area contributed by atoms with Crippen LogP contribution in [0.1, 0.15) is 16.0 Å². The SMILES string of the molecule is CN(Cc1cc(Br)cs1)Cc1ccc(F)cc1C(N)=S. The molecule has 1 aromatic heterocycles. The Bertz CT molecular complexity index is 627. The predicted octanol–water partition coefficient (Wildman–Crippen LogP) is 3.92. The maximum absolute atomic E-state index is 13.3. The smallest absolute Gasteiger partial charge is 0.123 e. The molecule has 2 rings (SSSR count). The average Bonchev–Trinajstić information content (AvgIpc) is 2.76. The molecule has 2 nitrogen and oxygen atoms in total. The fourth-order valence-corrected chi connectivity index (χ4v) is 3.69. The minimum Gasteiger partial charge on any atom is -0.389 e. The van der Waals surface area contributed by atoms with Gasteiger partial charge in [0.1, 0.15) is 10.8 Å². The molecule has 0 aliphatic carbocycles. The first-order chi connectivity index (χ1) is 9.45. The van der Waals surface area contributed by atoms with Gasteiger partial charge in [0.15, 0.2) is 0 Å². The molecule has 0 aliphatic heterocycles. The molecule has 0 spiro atoms. The van der Waals surface area contributed by atoms with Crippen LogP contribution >= 0.6 is 39.5 Å². The van der Waals surface area contributed by atoms with Crippen molar-refractivity contribution in [2.45, 2.75) is 13.1 Å². The highest BCUT2D eigenvalue weighted by atomic mass is 79.9. The lowest BCUT2D eigenvalue weighted by Crippen LogP contribution is -2.20. The number of thiocarbonyl (C=S) groups is 1. The molecule has 0 saturated heterocycles. The maximum atomic E-state index is 13.3. The van der Waals surface area contributed by atoms with Gasteiger partial charge in [0.05, 0.1) is 0 Å². The Morgan fingerprint density at radius 2 is 2.15 bits per heavy atom. The van der Waals surface area contributed by atoms with E-state index in [1.54, 1.807) is 17.4 Å². The normalized spacial score (nSPS) is 11.0. The molecule has 106 valence electrons. The van der Waals surface area contributed by atoms with Crippen molar-refractivity contribution in [2.24, 2.45) is 5.73 Å². The zero-order valence-corrected chi connectivity index (χ0v) is 14.1. The van der Waals surface area contributed by atoms with Crippen molar-refractivity contribution in [1.29, 1.82) is 0 Å². The first-order valence-electron chi connectivity index (χ1n) is 5.95. The van der Waals surface area contributed by atoms with Gasteiger partial charge in [-0.3, -0.25) is 4.90 Å². The monoisotopic (exact) mass is 372 g/mol. The summed E-state index contributed by atoms with van der Waals surface area (Å²) < 4.78 is 14.4. The Morgan fingerprint density at radius 1 is 1.40 bits per heavy atom. The third-order valence-corrected chi connectivity index (χ3v) is 4.73. The summed E-state index contributed by atoms with van der Waals surface area (Å²) in [4.78, 5) is 3.64. The van der Waals surface area contributed by atoms with E-state index in [-0.39, 0.29) is 10.8 Å². The molecular formula is C14H14BrFN2S2. The van der Waals surface area contributed by atoms with Crippen LogP contribution < -0.4 is 5.73 Å². The number of hydrogen-bond acceptors (Lipinski definition) is 3. The topological polar surface area (TPSA) is 29.3 Å². The molecule has 0 aliphatic rings. The van der Waals surface area contributed by atoms with E-state index in [2.05, 4.69) is 32.3 Å². The van der Waals surface area contributed by atoms with Crippen molar-refractivity contribution in [3.8, 4) is 0 Å². The van der Waals surface area contributed by atoms with Crippen LogP contribution in [-0.2, 0) is 13.1 Å². The average molecular weight is 373 g/mol. The summed E-state index contributed by atoms with van der Waals surface area (Å²) in [5.74, 6) is -0.318. The van der Waals surface area contributed by atoms with Gasteiger partial charge >= 0.3 is 0 Å². The van der Waals surface area contributed by atoms with E-state index in [9.17, 15) is 4.39 Å². The van der Waals surface area contributed by atoms with Crippen LogP contribution in [0.25, 0.3) is 0 Å². The maximum Gasteiger partial charge on any atom is 0.123 e. The van der Waals surface area contributed by atoms with E-state index in [1.807, 2.05) is 7.05 Å². The highest BCUT2D eigenvalue weighted by Gasteiger charge is 2.10. The van der Waals surface area contributed by atoms with Gasteiger partial charge in [-0.25, -0.2) is 4.39 Å². The van der Waals surface area contributed by atoms with Crippen molar-refractivity contribution >= 4 is 44.5 Å². The first-order valence-corrected chi connectivity index (χ1v) is 8.03. The third kappa shape index (κ3) is 4.09. The number of benzene rings is 1. The van der Waals surface area contributed by atoms with Gasteiger partial charge in [-0.05, 0) is 46.7 Å². The van der Waals surface area contributed by atoms with Gasteiger partial charge in [-0.1, -0.05) is 18.3 Å². The summed E-state index contributed by atoms with van der Waals surface area (Å²) >= 11 is 10.1. The Kier molecular flexibility index (Phi) is 5.26. The third-order valence-electron chi connectivity index (χ3n) is 2.83. The van der Waals surface area contributed by atoms with Gasteiger partial charge in [0, 0.05) is 33.4 Å². The summed E-state index contributed by atoms with van der Waals surface area (Å²) in [7, 11) is 2.01. The second kappa shape index (κ2) is 6.76. The standard InChI is InChI=1S/C14H14BrFN2S2/c1-18(7-12-4-10(15)8-20-12)6-9-2-3-11(16)5-13(9)14(17)19/h2-5,8H,6-7H2,1H3,(H2,17,19). The van der Waals surface area contributed by atoms with Crippen molar-refractivity contribution < 1.29 is 4.39 Å². The molecular weight excluding hydrogens is 359 g/mol. The van der Waals surface area contributed by atoms with Crippen molar-refractivity contribution in [2.75, 3.05) is 7.05 Å². The molecule has 0 unspecified atom stereocenters. The minimum atomic E-state index is -0.318. The van der Waals surface area contributed by atoms with Crippen LogP contribution in [0.3, 0.4) is 0 Å². The van der Waals surface area contributed by atoms with Crippen LogP contribution in [0.4, 0.5) is 4.39 Å². The lowest BCUT2D eigenvalue weighted by molar-refractivity contribution is 0.321. The van der Waals surface area contributed by atoms with Crippen molar-refractivity contribution in [3.63, 3.8) is 0 Å². The molecule has 2 N–H and O–H groups in total. The fraction of sp³-hybridized carbons (Fsp3) is 0.214. The van der Waals surface area contributed by atoms with Crippen LogP contribution in [-0.4, -0.2) is 16.9 Å². The molecule has 6 heteroatoms. The van der Waals surface area contributed by atoms with Gasteiger partial charge in [-0.2, -0.15) is 0 Å². The predicted molar refractivity (Wildman–Crippen MR) is 89.5 cm³/mol. The number of nitrogens with zero attached hydrogens (tertiary/aromatic N) is 1. The highest BCUT2D eigenvalue weighted by molar-refractivity contribution is 9.10. The van der Waals surface area contributed by atoms with E-state index >= 15 is 0 Å². The Morgan fingerprint density at radius 3 is 2.75 bits per heavy atom. The lowest BCUT2D eigenvalue weighted by Gasteiger charge is -2.18. The summed E-state index contributed by atoms with van der Waals surface area (Å²) in [5.41, 5.74) is 7.21. The second-order valence-corrected chi connectivity index (χ2v) is 6.92. The van der Waals surface area contributed by atoms with E-state index in [0.717, 1.165) is 16.6 Å². The molecule has 1 aromatic carbocycles. The molecule has 2 aromatic rings. The molecule has 1 heterocycles. The molecule has 0 fully saturated rings. The zero-order valence-electron chi connectivity index (χ0n) is 10.9. The van der Waals surface area contributed by atoms with E-state index < -0.39 is 0 Å². The summed E-state index contributed by atoms with van der Waals surface area (Å²) in [6.45, 7) is 1.49. The summed E-state index contributed by atoms with van der Waals surface area (Å²) in [6, 6.07) is 6.67. The number of halogens is 2. The van der Waals surface area contributed by atoms with Crippen molar-refractivity contribution in [1.82, 2.24) is 4.90 Å². The van der Waals surface area contributed by atoms with E-state index in [4.69, 9.17) is 18.0 Å². The number of hydrogen-bond donors (Lipinski definition) is 1. The van der Waals surface area contributed by atoms with Crippen molar-refractivity contribution in [3.05, 3.63) is 55.9 Å². The quantitative estimate of drug-likeness (QED) is 0.806. The molecule has 20 heavy (non-hydrogen) atoms. The Labute approximate surface area is 135 Å². The highest BCUT2D eigenvalue weighted by Crippen LogP contribution is 2.22. The lowest BCUT2D eigenvalue weighted by atomic mass is 10.1. The van der Waals surface area contributed by atoms with Crippen LogP contribution in [0.2, 0.25) is 0 Å². The second-order valence-electron chi connectivity index (χ2n) is 4.57. The Balaban J connectivity index is 2.11. The van der Waals surface area contributed by atoms with Gasteiger partial charge < -0.3 is 5.73 Å². The molecule has 0 saturated carbocycles. The largest absolute Gasteiger partial charge is 0.389 e. The fourth-order valence-electron chi connectivity index (χ4n) is 1.97. The van der Waals surface area contributed by atoms with Crippen LogP contribution in [0.5, 0.6) is 0 Å². The molecule has 0 amide bonds. The Hall–Kier alpha value is -0.820. The number of nitrogens with two attached hydrogens (primary N) is 1. The van der Waals surface area contributed by atoms with Crippen LogP contribution in [0.15, 0.2) is 34.1 Å². The van der Waals surface area contributed by atoms with Gasteiger partial charge in [0.25, 0.3) is 0 Å². The van der Waals surface area contributed by atoms with Gasteiger partial charge in [-0.15, -0.1) is 11.3 Å². The summed E-state index contributed by atoms with van der Waals surface area (Å²) in [6.07, 6.45) is 0. The first kappa shape index (κ1) is 15.6. The van der Waals surface area contributed by atoms with E-state index in [1.165, 1.54) is 17.0 Å². The number of thiophene rings is 1. The van der Waals surface area contributed by atoms with E-state index in [0.29, 0.717) is 12.1 Å². The summed E-state index contributed by atoms with van der Waals surface area (Å²) in [5, 5.41) is 2.06. The zero-order chi connectivity index (χ0) is 14.7. The molecule has 0 atom stereocenters. The molecule has 0 radical (unpaired) electrons. The minimum absolute atomic E-state index is 0.228. The molecule has 0 bridgehead atoms. The van der Waals surface area contributed by atoms with Gasteiger partial charge in [0.2, 0.25) is 0 Å².